The maximum atomic E-state index is 12.3. The predicted molar refractivity (Wildman–Crippen MR) is 109 cm³/mol. The highest BCUT2D eigenvalue weighted by atomic mass is 32.2. The van der Waals surface area contributed by atoms with Crippen LogP contribution in [0.4, 0.5) is 11.4 Å². The lowest BCUT2D eigenvalue weighted by atomic mass is 10.1. The van der Waals surface area contributed by atoms with Crippen molar-refractivity contribution < 1.29 is 18.0 Å². The lowest BCUT2D eigenvalue weighted by Gasteiger charge is -2.27. The zero-order valence-corrected chi connectivity index (χ0v) is 16.5. The van der Waals surface area contributed by atoms with Crippen LogP contribution in [0.3, 0.4) is 0 Å². The molecule has 28 heavy (non-hydrogen) atoms. The maximum absolute atomic E-state index is 12.3. The molecule has 1 heterocycles. The molecule has 2 amide bonds. The van der Waals surface area contributed by atoms with Crippen LogP contribution in [0.25, 0.3) is 0 Å². The highest BCUT2D eigenvalue weighted by Gasteiger charge is 2.20. The Morgan fingerprint density at radius 3 is 2.68 bits per heavy atom. The summed E-state index contributed by atoms with van der Waals surface area (Å²) < 4.78 is 24.4. The lowest BCUT2D eigenvalue weighted by Crippen LogP contribution is -2.35. The molecule has 1 aliphatic heterocycles. The standard InChI is InChI=1S/C20H23N3O4S/c1-23-13-19(24)22-17-12-16(8-9-18(17)23)20(25)21-10-5-11-28(26,27)14-15-6-3-2-4-7-15/h2-4,6-9,12H,5,10-11,13-14H2,1H3,(H,21,25)(H,22,24). The van der Waals surface area contributed by atoms with Gasteiger partial charge in [-0.25, -0.2) is 8.42 Å². The molecule has 148 valence electrons. The van der Waals surface area contributed by atoms with Crippen molar-refractivity contribution in [3.05, 3.63) is 59.7 Å². The Morgan fingerprint density at radius 1 is 1.18 bits per heavy atom. The van der Waals surface area contributed by atoms with Gasteiger partial charge in [0.2, 0.25) is 5.91 Å². The molecule has 0 saturated heterocycles. The van der Waals surface area contributed by atoms with Crippen LogP contribution in [0.1, 0.15) is 22.3 Å². The average molecular weight is 401 g/mol. The summed E-state index contributed by atoms with van der Waals surface area (Å²) in [6.45, 7) is 0.534. The van der Waals surface area contributed by atoms with Crippen LogP contribution in [0, 0.1) is 0 Å². The Morgan fingerprint density at radius 2 is 1.93 bits per heavy atom. The highest BCUT2D eigenvalue weighted by Crippen LogP contribution is 2.29. The van der Waals surface area contributed by atoms with Crippen LogP contribution < -0.4 is 15.5 Å². The summed E-state index contributed by atoms with van der Waals surface area (Å²) in [5, 5.41) is 5.49. The number of likely N-dealkylation sites (N-methyl/N-ethyl adjacent to an activating group) is 1. The molecule has 0 fully saturated rings. The fourth-order valence-electron chi connectivity index (χ4n) is 3.10. The minimum atomic E-state index is -3.23. The van der Waals surface area contributed by atoms with Crippen LogP contribution in [-0.4, -0.2) is 46.1 Å². The Kier molecular flexibility index (Phi) is 5.99. The molecule has 0 aliphatic carbocycles. The van der Waals surface area contributed by atoms with Gasteiger partial charge >= 0.3 is 0 Å². The first kappa shape index (κ1) is 19.9. The molecular weight excluding hydrogens is 378 g/mol. The summed E-state index contributed by atoms with van der Waals surface area (Å²) in [6.07, 6.45) is 0.339. The van der Waals surface area contributed by atoms with Gasteiger partial charge < -0.3 is 15.5 Å². The fraction of sp³-hybridized carbons (Fsp3) is 0.300. The Labute approximate surface area is 164 Å². The summed E-state index contributed by atoms with van der Waals surface area (Å²) in [5.74, 6) is -0.422. The van der Waals surface area contributed by atoms with Crippen LogP contribution in [0.15, 0.2) is 48.5 Å². The van der Waals surface area contributed by atoms with Crippen molar-refractivity contribution in [2.45, 2.75) is 12.2 Å². The molecule has 0 radical (unpaired) electrons. The monoisotopic (exact) mass is 401 g/mol. The Bertz CT molecular complexity index is 974. The van der Waals surface area contributed by atoms with Crippen molar-refractivity contribution in [3.63, 3.8) is 0 Å². The van der Waals surface area contributed by atoms with E-state index < -0.39 is 9.84 Å². The summed E-state index contributed by atoms with van der Waals surface area (Å²) in [7, 11) is -1.41. The van der Waals surface area contributed by atoms with Gasteiger partial charge in [-0.2, -0.15) is 0 Å². The molecule has 0 bridgehead atoms. The third kappa shape index (κ3) is 5.10. The number of sulfone groups is 1. The minimum absolute atomic E-state index is 0.000174. The zero-order chi connectivity index (χ0) is 20.1. The zero-order valence-electron chi connectivity index (χ0n) is 15.6. The summed E-state index contributed by atoms with van der Waals surface area (Å²) in [4.78, 5) is 25.8. The third-order valence-corrected chi connectivity index (χ3v) is 6.16. The number of hydrogen-bond acceptors (Lipinski definition) is 5. The van der Waals surface area contributed by atoms with Gasteiger partial charge in [0.25, 0.3) is 5.91 Å². The number of benzene rings is 2. The van der Waals surface area contributed by atoms with Gasteiger partial charge in [0, 0.05) is 19.2 Å². The van der Waals surface area contributed by atoms with Gasteiger partial charge in [-0.1, -0.05) is 30.3 Å². The molecule has 7 nitrogen and oxygen atoms in total. The van der Waals surface area contributed by atoms with Crippen molar-refractivity contribution in [1.82, 2.24) is 5.32 Å². The molecule has 3 rings (SSSR count). The number of carbonyl (C=O) groups excluding carboxylic acids is 2. The smallest absolute Gasteiger partial charge is 0.251 e. The van der Waals surface area contributed by atoms with Crippen LogP contribution in [0.2, 0.25) is 0 Å². The van der Waals surface area contributed by atoms with E-state index in [-0.39, 0.29) is 36.4 Å². The van der Waals surface area contributed by atoms with Crippen molar-refractivity contribution >= 4 is 33.0 Å². The van der Waals surface area contributed by atoms with Gasteiger partial charge in [0.15, 0.2) is 9.84 Å². The summed E-state index contributed by atoms with van der Waals surface area (Å²) in [5.41, 5.74) is 2.62. The molecule has 2 aromatic carbocycles. The summed E-state index contributed by atoms with van der Waals surface area (Å²) in [6, 6.07) is 14.1. The maximum Gasteiger partial charge on any atom is 0.251 e. The number of anilines is 2. The van der Waals surface area contributed by atoms with E-state index in [2.05, 4.69) is 10.6 Å². The Balaban J connectivity index is 1.51. The fourth-order valence-corrected chi connectivity index (χ4v) is 4.53. The molecule has 0 saturated carbocycles. The van der Waals surface area contributed by atoms with E-state index in [0.717, 1.165) is 11.3 Å². The average Bonchev–Trinajstić information content (AvgIpc) is 2.65. The van der Waals surface area contributed by atoms with E-state index in [1.54, 1.807) is 30.3 Å². The molecule has 2 N–H and O–H groups in total. The number of nitrogens with zero attached hydrogens (tertiary/aromatic N) is 1. The second kappa shape index (κ2) is 8.43. The number of nitrogens with one attached hydrogen (secondary N) is 2. The number of amides is 2. The SMILES string of the molecule is CN1CC(=O)Nc2cc(C(=O)NCCCS(=O)(=O)Cc3ccccc3)ccc21. The first-order valence-corrected chi connectivity index (χ1v) is 10.8. The van der Waals surface area contributed by atoms with Crippen molar-refractivity contribution in [3.8, 4) is 0 Å². The first-order valence-electron chi connectivity index (χ1n) is 9.02. The molecular formula is C20H23N3O4S. The van der Waals surface area contributed by atoms with Crippen LogP contribution in [-0.2, 0) is 20.4 Å². The largest absolute Gasteiger partial charge is 0.364 e. The number of fused-ring (bicyclic) bond motifs is 1. The van der Waals surface area contributed by atoms with E-state index in [4.69, 9.17) is 0 Å². The number of carbonyl (C=O) groups is 2. The van der Waals surface area contributed by atoms with E-state index in [1.165, 1.54) is 0 Å². The van der Waals surface area contributed by atoms with Crippen molar-refractivity contribution in [2.24, 2.45) is 0 Å². The minimum Gasteiger partial charge on any atom is -0.364 e. The van der Waals surface area contributed by atoms with E-state index >= 15 is 0 Å². The number of hydrogen-bond donors (Lipinski definition) is 2. The summed E-state index contributed by atoms with van der Waals surface area (Å²) >= 11 is 0. The molecule has 1 aliphatic rings. The molecule has 0 unspecified atom stereocenters. The lowest BCUT2D eigenvalue weighted by molar-refractivity contribution is -0.115. The van der Waals surface area contributed by atoms with Crippen LogP contribution >= 0.6 is 0 Å². The van der Waals surface area contributed by atoms with Crippen LogP contribution in [0.5, 0.6) is 0 Å². The third-order valence-electron chi connectivity index (χ3n) is 4.47. The first-order chi connectivity index (χ1) is 13.3. The quantitative estimate of drug-likeness (QED) is 0.690. The van der Waals surface area contributed by atoms with Gasteiger partial charge in [-0.3, -0.25) is 9.59 Å². The van der Waals surface area contributed by atoms with Gasteiger partial charge in [-0.15, -0.1) is 0 Å². The van der Waals surface area contributed by atoms with Gasteiger partial charge in [-0.05, 0) is 30.2 Å². The van der Waals surface area contributed by atoms with Crippen molar-refractivity contribution in [1.29, 1.82) is 0 Å². The van der Waals surface area contributed by atoms with Gasteiger partial charge in [0.05, 0.1) is 29.4 Å². The highest BCUT2D eigenvalue weighted by molar-refractivity contribution is 7.90. The predicted octanol–water partition coefficient (Wildman–Crippen LogP) is 1.81. The Hall–Kier alpha value is -2.87. The molecule has 2 aromatic rings. The second-order valence-electron chi connectivity index (χ2n) is 6.82. The van der Waals surface area contributed by atoms with E-state index in [0.29, 0.717) is 17.7 Å². The second-order valence-corrected chi connectivity index (χ2v) is 9.01. The van der Waals surface area contributed by atoms with Crippen molar-refractivity contribution in [2.75, 3.05) is 36.1 Å². The normalized spacial score (nSPS) is 13.6. The topological polar surface area (TPSA) is 95.6 Å². The molecule has 0 aromatic heterocycles. The molecule has 0 spiro atoms. The van der Waals surface area contributed by atoms with E-state index in [9.17, 15) is 18.0 Å². The van der Waals surface area contributed by atoms with Gasteiger partial charge in [0.1, 0.15) is 0 Å². The molecule has 8 heteroatoms. The molecule has 0 atom stereocenters. The number of rotatable bonds is 7. The van der Waals surface area contributed by atoms with E-state index in [1.807, 2.05) is 30.1 Å².